The van der Waals surface area contributed by atoms with E-state index in [-0.39, 0.29) is 48.1 Å². The number of nitrogens with zero attached hydrogens (tertiary/aromatic N) is 1. The summed E-state index contributed by atoms with van der Waals surface area (Å²) in [5.74, 6) is 4.23. The van der Waals surface area contributed by atoms with Crippen LogP contribution in [0.2, 0.25) is 5.82 Å². The van der Waals surface area contributed by atoms with Gasteiger partial charge < -0.3 is 30.5 Å². The van der Waals surface area contributed by atoms with Crippen LogP contribution in [0.15, 0.2) is 12.1 Å². The molecule has 0 spiro atoms. The quantitative estimate of drug-likeness (QED) is 0.221. The lowest BCUT2D eigenvalue weighted by atomic mass is 9.57. The maximum atomic E-state index is 11.9. The number of hydrogen-bond donors (Lipinski definition) is 5. The molecule has 10 heteroatoms. The highest BCUT2D eigenvalue weighted by Crippen LogP contribution is 2.48. The zero-order valence-electron chi connectivity index (χ0n) is 15.7. The molecule has 1 aliphatic carbocycles. The molecule has 2 heterocycles. The molecule has 2 atom stereocenters. The predicted molar refractivity (Wildman–Crippen MR) is 105 cm³/mol. The van der Waals surface area contributed by atoms with Crippen molar-refractivity contribution >= 4 is 24.7 Å². The van der Waals surface area contributed by atoms with Crippen LogP contribution >= 0.6 is 0 Å². The Morgan fingerprint density at radius 2 is 2.10 bits per heavy atom. The number of aliphatic hydroxyl groups excluding tert-OH is 1. The Hall–Kier alpha value is -2.74. The largest absolute Gasteiger partial charge is 0.540 e. The third-order valence-corrected chi connectivity index (χ3v) is 5.39. The fourth-order valence-corrected chi connectivity index (χ4v) is 3.84. The van der Waals surface area contributed by atoms with Crippen molar-refractivity contribution < 1.29 is 29.5 Å². The molecule has 4 rings (SSSR count). The Labute approximate surface area is 168 Å². The van der Waals surface area contributed by atoms with E-state index in [9.17, 15) is 19.7 Å². The van der Waals surface area contributed by atoms with Crippen LogP contribution in [0.1, 0.15) is 28.3 Å². The normalized spacial score (nSPS) is 22.1. The van der Waals surface area contributed by atoms with Gasteiger partial charge in [-0.25, -0.2) is 4.79 Å². The van der Waals surface area contributed by atoms with Gasteiger partial charge >= 0.3 is 13.1 Å². The number of carbonyl (C=O) groups excluding carboxylic acids is 1. The molecule has 5 N–H and O–H groups in total. The number of carboxylic acids is 1. The van der Waals surface area contributed by atoms with Crippen molar-refractivity contribution in [1.82, 2.24) is 10.2 Å². The second-order valence-corrected chi connectivity index (χ2v) is 7.47. The van der Waals surface area contributed by atoms with Crippen LogP contribution in [0.25, 0.3) is 0 Å². The van der Waals surface area contributed by atoms with E-state index in [2.05, 4.69) is 22.5 Å². The highest BCUT2D eigenvalue weighted by atomic mass is 16.5. The Kier molecular flexibility index (Phi) is 5.36. The molecule has 1 aromatic carbocycles. The summed E-state index contributed by atoms with van der Waals surface area (Å²) in [5.41, 5.74) is 1.11. The summed E-state index contributed by atoms with van der Waals surface area (Å²) in [6.45, 7) is 1.94. The van der Waals surface area contributed by atoms with E-state index >= 15 is 0 Å². The molecule has 2 aliphatic heterocycles. The van der Waals surface area contributed by atoms with Crippen LogP contribution in [0.4, 0.5) is 5.69 Å². The lowest BCUT2D eigenvalue weighted by Gasteiger charge is -2.40. The number of rotatable bonds is 8. The van der Waals surface area contributed by atoms with Gasteiger partial charge in [0.2, 0.25) is 5.91 Å². The van der Waals surface area contributed by atoms with E-state index in [1.54, 1.807) is 12.1 Å². The smallest absolute Gasteiger partial charge is 0.534 e. The monoisotopic (exact) mass is 399 g/mol. The first-order chi connectivity index (χ1) is 14.0. The van der Waals surface area contributed by atoms with Crippen LogP contribution in [0.3, 0.4) is 0 Å². The van der Waals surface area contributed by atoms with Crippen LogP contribution in [0, 0.1) is 11.8 Å². The lowest BCUT2D eigenvalue weighted by molar-refractivity contribution is -0.123. The van der Waals surface area contributed by atoms with E-state index in [1.807, 2.05) is 4.90 Å². The highest BCUT2D eigenvalue weighted by molar-refractivity contribution is 6.48. The maximum Gasteiger partial charge on any atom is 0.540 e. The molecule has 0 radical (unpaired) electrons. The van der Waals surface area contributed by atoms with Gasteiger partial charge in [0.15, 0.2) is 0 Å². The van der Waals surface area contributed by atoms with Crippen molar-refractivity contribution in [1.29, 1.82) is 0 Å². The number of carboxylic acid groups (broad SMARTS) is 1. The van der Waals surface area contributed by atoms with Gasteiger partial charge in [0.25, 0.3) is 0 Å². The molecule has 0 bridgehead atoms. The first kappa shape index (κ1) is 19.6. The SMILES string of the molecule is O=C(CN1CC(Nc2ccc3c(c2C(=O)O)OB(O)[C@@H]2C#C[C@H]32)C1)NCCCO. The Morgan fingerprint density at radius 3 is 2.76 bits per heavy atom. The summed E-state index contributed by atoms with van der Waals surface area (Å²) in [6.07, 6.45) is 0.524. The zero-order chi connectivity index (χ0) is 20.5. The van der Waals surface area contributed by atoms with Gasteiger partial charge in [0, 0.05) is 31.8 Å². The summed E-state index contributed by atoms with van der Waals surface area (Å²) in [4.78, 5) is 25.7. The summed E-state index contributed by atoms with van der Waals surface area (Å²) in [5, 5.41) is 34.5. The maximum absolute atomic E-state index is 11.9. The zero-order valence-corrected chi connectivity index (χ0v) is 15.7. The number of likely N-dealkylation sites (tertiary alicyclic amines) is 1. The molecule has 1 amide bonds. The molecule has 0 unspecified atom stereocenters. The molecule has 9 nitrogen and oxygen atoms in total. The average Bonchev–Trinajstić information content (AvgIpc) is 2.59. The van der Waals surface area contributed by atoms with Crippen molar-refractivity contribution in [3.05, 3.63) is 23.3 Å². The third kappa shape index (κ3) is 3.77. The molecule has 0 aromatic heterocycles. The summed E-state index contributed by atoms with van der Waals surface area (Å²) >= 11 is 0. The van der Waals surface area contributed by atoms with Crippen molar-refractivity contribution in [2.45, 2.75) is 24.2 Å². The van der Waals surface area contributed by atoms with Crippen molar-refractivity contribution in [3.63, 3.8) is 0 Å². The van der Waals surface area contributed by atoms with E-state index in [4.69, 9.17) is 9.76 Å². The molecule has 1 fully saturated rings. The molecule has 29 heavy (non-hydrogen) atoms. The number of benzene rings is 1. The highest BCUT2D eigenvalue weighted by Gasteiger charge is 2.46. The van der Waals surface area contributed by atoms with Crippen molar-refractivity contribution in [3.8, 4) is 17.6 Å². The first-order valence-corrected chi connectivity index (χ1v) is 9.60. The van der Waals surface area contributed by atoms with E-state index in [1.165, 1.54) is 0 Å². The number of hydrogen-bond acceptors (Lipinski definition) is 7. The molecule has 0 saturated carbocycles. The number of fused-ring (bicyclic) bond motifs is 3. The van der Waals surface area contributed by atoms with Gasteiger partial charge in [0.1, 0.15) is 11.3 Å². The van der Waals surface area contributed by atoms with Gasteiger partial charge in [-0.2, -0.15) is 0 Å². The van der Waals surface area contributed by atoms with Gasteiger partial charge in [-0.15, -0.1) is 0 Å². The summed E-state index contributed by atoms with van der Waals surface area (Å²) in [6, 6.07) is 3.51. The van der Waals surface area contributed by atoms with E-state index in [0.29, 0.717) is 37.3 Å². The average molecular weight is 399 g/mol. The van der Waals surface area contributed by atoms with Crippen molar-refractivity contribution in [2.75, 3.05) is 38.1 Å². The molecule has 3 aliphatic rings. The Morgan fingerprint density at radius 1 is 1.31 bits per heavy atom. The van der Waals surface area contributed by atoms with Gasteiger partial charge in [0.05, 0.1) is 30.0 Å². The van der Waals surface area contributed by atoms with E-state index < -0.39 is 13.1 Å². The second-order valence-electron chi connectivity index (χ2n) is 7.47. The minimum atomic E-state index is -1.14. The molecular formula is C19H22BN3O6. The van der Waals surface area contributed by atoms with Gasteiger partial charge in [-0.3, -0.25) is 9.69 Å². The number of anilines is 1. The molecular weight excluding hydrogens is 377 g/mol. The second kappa shape index (κ2) is 7.95. The van der Waals surface area contributed by atoms with Gasteiger partial charge in [-0.1, -0.05) is 17.9 Å². The molecule has 152 valence electrons. The summed E-state index contributed by atoms with van der Waals surface area (Å²) in [7, 11) is -1.13. The number of carbonyl (C=O) groups is 2. The van der Waals surface area contributed by atoms with E-state index in [0.717, 1.165) is 0 Å². The van der Waals surface area contributed by atoms with Crippen LogP contribution in [0.5, 0.6) is 5.75 Å². The summed E-state index contributed by atoms with van der Waals surface area (Å²) < 4.78 is 5.50. The lowest BCUT2D eigenvalue weighted by Crippen LogP contribution is -2.57. The van der Waals surface area contributed by atoms with Crippen LogP contribution in [-0.4, -0.2) is 78.0 Å². The van der Waals surface area contributed by atoms with Crippen LogP contribution in [-0.2, 0) is 4.79 Å². The Bertz CT molecular complexity index is 892. The fraction of sp³-hybridized carbons (Fsp3) is 0.474. The predicted octanol–water partition coefficient (Wildman–Crippen LogP) is -0.677. The Balaban J connectivity index is 1.40. The van der Waals surface area contributed by atoms with Gasteiger partial charge in [-0.05, 0) is 12.5 Å². The third-order valence-electron chi connectivity index (χ3n) is 5.39. The topological polar surface area (TPSA) is 131 Å². The standard InChI is InChI=1S/C19H22BN3O6/c24-7-1-6-21-16(25)10-23-8-11(9-23)22-15-5-3-13-12-2-4-14(12)20(28)29-18(13)17(15)19(26)27/h3,5,11-12,14,22,24,28H,1,6-10H2,(H,21,25)(H,26,27)/t12-,14-/m1/s1. The van der Waals surface area contributed by atoms with Crippen LogP contribution < -0.4 is 15.3 Å². The number of nitrogens with one attached hydrogen (secondary N) is 2. The first-order valence-electron chi connectivity index (χ1n) is 9.60. The minimum absolute atomic E-state index is 0.00106. The molecule has 1 saturated heterocycles. The number of aromatic carboxylic acids is 1. The van der Waals surface area contributed by atoms with Crippen molar-refractivity contribution in [2.24, 2.45) is 0 Å². The number of aliphatic hydroxyl groups is 1. The minimum Gasteiger partial charge on any atom is -0.534 e. The molecule has 1 aromatic rings. The number of amides is 1. The fourth-order valence-electron chi connectivity index (χ4n) is 3.84.